The third kappa shape index (κ3) is 3.57. The average molecular weight is 412 g/mol. The lowest BCUT2D eigenvalue weighted by molar-refractivity contribution is -0.138. The summed E-state index contributed by atoms with van der Waals surface area (Å²) in [6, 6.07) is 7.34. The molecule has 1 aromatic carbocycles. The van der Waals surface area contributed by atoms with Crippen molar-refractivity contribution in [2.45, 2.75) is 58.0 Å². The van der Waals surface area contributed by atoms with Gasteiger partial charge in [0.05, 0.1) is 0 Å². The van der Waals surface area contributed by atoms with Crippen molar-refractivity contribution in [1.82, 2.24) is 15.1 Å². The van der Waals surface area contributed by atoms with E-state index in [1.54, 1.807) is 18.9 Å². The highest BCUT2D eigenvalue weighted by atomic mass is 16.3. The first kappa shape index (κ1) is 20.4. The molecule has 1 saturated carbocycles. The highest BCUT2D eigenvalue weighted by Crippen LogP contribution is 2.42. The maximum Gasteiger partial charge on any atom is 0.325 e. The number of aryl methyl sites for hydroxylation is 1. The summed E-state index contributed by atoms with van der Waals surface area (Å²) >= 11 is 0. The van der Waals surface area contributed by atoms with Gasteiger partial charge in [0, 0.05) is 31.0 Å². The van der Waals surface area contributed by atoms with Gasteiger partial charge in [0.15, 0.2) is 0 Å². The third-order valence-electron chi connectivity index (χ3n) is 6.35. The van der Waals surface area contributed by atoms with Crippen LogP contribution >= 0.6 is 0 Å². The number of rotatable bonds is 8. The number of para-hydroxylation sites is 1. The summed E-state index contributed by atoms with van der Waals surface area (Å²) in [5.74, 6) is 0.499. The molecule has 1 atom stereocenters. The second-order valence-corrected chi connectivity index (χ2v) is 8.65. The number of furan rings is 1. The number of unbranched alkanes of at least 4 members (excludes halogenated alkanes) is 1. The van der Waals surface area contributed by atoms with Gasteiger partial charge in [-0.1, -0.05) is 31.5 Å². The highest BCUT2D eigenvalue weighted by molar-refractivity contribution is 6.09. The number of nitrogens with one attached hydrogen (secondary N) is 1. The summed E-state index contributed by atoms with van der Waals surface area (Å²) in [7, 11) is 1.70. The van der Waals surface area contributed by atoms with E-state index in [0.717, 1.165) is 59.3 Å². The molecule has 1 saturated heterocycles. The summed E-state index contributed by atoms with van der Waals surface area (Å²) in [6.07, 6.45) is 4.73. The van der Waals surface area contributed by atoms with Crippen LogP contribution < -0.4 is 5.32 Å². The number of likely N-dealkylation sites (N-methyl/N-ethyl adjacent to an activating group) is 1. The smallest absolute Gasteiger partial charge is 0.325 e. The predicted molar refractivity (Wildman–Crippen MR) is 113 cm³/mol. The van der Waals surface area contributed by atoms with Crippen molar-refractivity contribution in [2.75, 3.05) is 13.6 Å². The fourth-order valence-electron chi connectivity index (χ4n) is 4.24. The number of carbonyl (C=O) groups excluding carboxylic acids is 3. The first-order valence-electron chi connectivity index (χ1n) is 10.7. The molecule has 1 unspecified atom stereocenters. The molecule has 1 aliphatic carbocycles. The number of amides is 4. The number of hydrogen-bond acceptors (Lipinski definition) is 4. The predicted octanol–water partition coefficient (Wildman–Crippen LogP) is 3.45. The Hall–Kier alpha value is -2.83. The number of fused-ring (bicyclic) bond motifs is 1. The van der Waals surface area contributed by atoms with E-state index in [1.165, 1.54) is 0 Å². The SMILES string of the molecule is CCCCc1oc2ccccc2c1CN(C)C(=O)CN1C(=O)NC(C)(C2CC2)C1=O. The fourth-order valence-corrected chi connectivity index (χ4v) is 4.24. The van der Waals surface area contributed by atoms with Crippen LogP contribution in [0.2, 0.25) is 0 Å². The maximum absolute atomic E-state index is 12.9. The Kier molecular flexibility index (Phi) is 5.30. The van der Waals surface area contributed by atoms with Crippen LogP contribution in [-0.4, -0.2) is 46.8 Å². The zero-order chi connectivity index (χ0) is 21.5. The minimum absolute atomic E-state index is 0.171. The van der Waals surface area contributed by atoms with Crippen molar-refractivity contribution in [3.8, 4) is 0 Å². The van der Waals surface area contributed by atoms with E-state index in [-0.39, 0.29) is 24.3 Å². The molecule has 7 nitrogen and oxygen atoms in total. The Morgan fingerprint density at radius 3 is 2.73 bits per heavy atom. The monoisotopic (exact) mass is 411 g/mol. The molecule has 0 bridgehead atoms. The zero-order valence-electron chi connectivity index (χ0n) is 17.9. The molecule has 4 rings (SSSR count). The van der Waals surface area contributed by atoms with Crippen LogP contribution in [0.4, 0.5) is 4.79 Å². The van der Waals surface area contributed by atoms with E-state index in [9.17, 15) is 14.4 Å². The van der Waals surface area contributed by atoms with Crippen molar-refractivity contribution in [1.29, 1.82) is 0 Å². The van der Waals surface area contributed by atoms with Crippen LogP contribution in [0, 0.1) is 5.92 Å². The summed E-state index contributed by atoms with van der Waals surface area (Å²) in [4.78, 5) is 40.7. The van der Waals surface area contributed by atoms with Gasteiger partial charge >= 0.3 is 6.03 Å². The molecular weight excluding hydrogens is 382 g/mol. The minimum atomic E-state index is -0.871. The van der Waals surface area contributed by atoms with Crippen LogP contribution in [0.5, 0.6) is 0 Å². The molecule has 0 radical (unpaired) electrons. The van der Waals surface area contributed by atoms with Crippen molar-refractivity contribution < 1.29 is 18.8 Å². The quantitative estimate of drug-likeness (QED) is 0.675. The lowest BCUT2D eigenvalue weighted by Crippen LogP contribution is -2.47. The van der Waals surface area contributed by atoms with Gasteiger partial charge in [0.1, 0.15) is 23.4 Å². The normalized spacial score (nSPS) is 21.4. The molecule has 0 spiro atoms. The largest absolute Gasteiger partial charge is 0.461 e. The Balaban J connectivity index is 1.49. The Morgan fingerprint density at radius 1 is 1.30 bits per heavy atom. The fraction of sp³-hybridized carbons (Fsp3) is 0.522. The van der Waals surface area contributed by atoms with Gasteiger partial charge in [-0.2, -0.15) is 0 Å². The van der Waals surface area contributed by atoms with Crippen molar-refractivity contribution in [2.24, 2.45) is 5.92 Å². The van der Waals surface area contributed by atoms with Crippen LogP contribution in [0.3, 0.4) is 0 Å². The number of urea groups is 1. The molecule has 1 aliphatic heterocycles. The molecule has 2 aliphatic rings. The van der Waals surface area contributed by atoms with Crippen molar-refractivity contribution in [3.63, 3.8) is 0 Å². The van der Waals surface area contributed by atoms with E-state index in [0.29, 0.717) is 6.54 Å². The molecule has 7 heteroatoms. The number of benzene rings is 1. The average Bonchev–Trinajstić information content (AvgIpc) is 3.50. The van der Waals surface area contributed by atoms with Crippen molar-refractivity contribution >= 4 is 28.8 Å². The van der Waals surface area contributed by atoms with Gasteiger partial charge in [-0.25, -0.2) is 4.79 Å². The number of imide groups is 1. The van der Waals surface area contributed by atoms with E-state index in [2.05, 4.69) is 12.2 Å². The molecule has 4 amide bonds. The molecular formula is C23H29N3O4. The molecule has 160 valence electrons. The summed E-state index contributed by atoms with van der Waals surface area (Å²) < 4.78 is 6.04. The van der Waals surface area contributed by atoms with Gasteiger partial charge in [-0.3, -0.25) is 14.5 Å². The van der Waals surface area contributed by atoms with Crippen LogP contribution in [0.1, 0.15) is 50.9 Å². The Morgan fingerprint density at radius 2 is 2.03 bits per heavy atom. The lowest BCUT2D eigenvalue weighted by atomic mass is 9.96. The van der Waals surface area contributed by atoms with Crippen LogP contribution in [0.15, 0.2) is 28.7 Å². The number of hydrogen-bond donors (Lipinski definition) is 1. The van der Waals surface area contributed by atoms with Gasteiger partial charge in [0.25, 0.3) is 5.91 Å². The molecule has 30 heavy (non-hydrogen) atoms. The maximum atomic E-state index is 12.9. The second-order valence-electron chi connectivity index (χ2n) is 8.65. The Bertz CT molecular complexity index is 993. The summed E-state index contributed by atoms with van der Waals surface area (Å²) in [5.41, 5.74) is 0.938. The van der Waals surface area contributed by atoms with E-state index < -0.39 is 11.6 Å². The molecule has 2 heterocycles. The summed E-state index contributed by atoms with van der Waals surface area (Å²) in [5, 5.41) is 3.79. The van der Waals surface area contributed by atoms with Gasteiger partial charge in [-0.15, -0.1) is 0 Å². The number of carbonyl (C=O) groups is 3. The Labute approximate surface area is 176 Å². The van der Waals surface area contributed by atoms with E-state index >= 15 is 0 Å². The molecule has 2 aromatic rings. The standard InChI is InChI=1S/C23H29N3O4/c1-4-5-9-19-17(16-8-6-7-10-18(16)30-19)13-25(3)20(27)14-26-21(28)23(2,15-11-12-15)24-22(26)29/h6-8,10,15H,4-5,9,11-14H2,1-3H3,(H,24,29). The van der Waals surface area contributed by atoms with E-state index in [4.69, 9.17) is 4.42 Å². The molecule has 1 aromatic heterocycles. The zero-order valence-corrected chi connectivity index (χ0v) is 17.9. The van der Waals surface area contributed by atoms with Gasteiger partial charge < -0.3 is 14.6 Å². The second kappa shape index (κ2) is 7.78. The molecule has 1 N–H and O–H groups in total. The number of nitrogens with zero attached hydrogens (tertiary/aromatic N) is 2. The van der Waals surface area contributed by atoms with Crippen molar-refractivity contribution in [3.05, 3.63) is 35.6 Å². The lowest BCUT2D eigenvalue weighted by Gasteiger charge is -2.22. The first-order chi connectivity index (χ1) is 14.3. The van der Waals surface area contributed by atoms with Crippen LogP contribution in [-0.2, 0) is 22.6 Å². The first-order valence-corrected chi connectivity index (χ1v) is 10.7. The highest BCUT2D eigenvalue weighted by Gasteiger charge is 2.56. The van der Waals surface area contributed by atoms with Gasteiger partial charge in [0.2, 0.25) is 5.91 Å². The molecule has 2 fully saturated rings. The minimum Gasteiger partial charge on any atom is -0.461 e. The van der Waals surface area contributed by atoms with Gasteiger partial charge in [-0.05, 0) is 38.2 Å². The topological polar surface area (TPSA) is 82.9 Å². The third-order valence-corrected chi connectivity index (χ3v) is 6.35. The summed E-state index contributed by atoms with van der Waals surface area (Å²) in [6.45, 7) is 4.02. The van der Waals surface area contributed by atoms with Crippen LogP contribution in [0.25, 0.3) is 11.0 Å². The van der Waals surface area contributed by atoms with E-state index in [1.807, 2.05) is 24.3 Å².